The molecular formula is C13H11ClIN3O. The Morgan fingerprint density at radius 3 is 2.68 bits per heavy atom. The first-order chi connectivity index (χ1) is 8.97. The van der Waals surface area contributed by atoms with Gasteiger partial charge in [-0.3, -0.25) is 4.79 Å². The van der Waals surface area contributed by atoms with E-state index in [1.807, 2.05) is 6.07 Å². The van der Waals surface area contributed by atoms with E-state index in [2.05, 4.69) is 38.1 Å². The van der Waals surface area contributed by atoms with E-state index in [1.54, 1.807) is 32.0 Å². The third-order valence-electron chi connectivity index (χ3n) is 2.52. The number of aryl methyl sites for hydroxylation is 2. The van der Waals surface area contributed by atoms with Gasteiger partial charge in [-0.1, -0.05) is 11.6 Å². The Bertz CT molecular complexity index is 646. The van der Waals surface area contributed by atoms with Crippen LogP contribution in [0.5, 0.6) is 0 Å². The van der Waals surface area contributed by atoms with Crippen LogP contribution in [0.1, 0.15) is 21.7 Å². The van der Waals surface area contributed by atoms with Crippen LogP contribution in [0.2, 0.25) is 5.02 Å². The zero-order valence-corrected chi connectivity index (χ0v) is 13.3. The molecule has 0 spiro atoms. The molecule has 0 aliphatic rings. The molecule has 0 bridgehead atoms. The molecule has 1 heterocycles. The van der Waals surface area contributed by atoms with E-state index in [0.29, 0.717) is 27.7 Å². The summed E-state index contributed by atoms with van der Waals surface area (Å²) in [6.07, 6.45) is 0. The molecule has 0 saturated heterocycles. The number of carbonyl (C=O) groups excluding carboxylic acids is 1. The molecule has 4 nitrogen and oxygen atoms in total. The van der Waals surface area contributed by atoms with Gasteiger partial charge in [-0.25, -0.2) is 0 Å². The van der Waals surface area contributed by atoms with Crippen LogP contribution in [0.3, 0.4) is 0 Å². The zero-order valence-electron chi connectivity index (χ0n) is 10.4. The van der Waals surface area contributed by atoms with Crippen molar-refractivity contribution in [2.45, 2.75) is 13.8 Å². The Morgan fingerprint density at radius 1 is 1.26 bits per heavy atom. The van der Waals surface area contributed by atoms with E-state index in [-0.39, 0.29) is 5.91 Å². The topological polar surface area (TPSA) is 54.9 Å². The van der Waals surface area contributed by atoms with Gasteiger partial charge in [-0.15, -0.1) is 0 Å². The average molecular weight is 388 g/mol. The summed E-state index contributed by atoms with van der Waals surface area (Å²) in [5.41, 5.74) is 2.37. The monoisotopic (exact) mass is 387 g/mol. The van der Waals surface area contributed by atoms with E-state index in [9.17, 15) is 4.79 Å². The van der Waals surface area contributed by atoms with E-state index in [4.69, 9.17) is 11.6 Å². The van der Waals surface area contributed by atoms with Crippen LogP contribution in [0.15, 0.2) is 24.3 Å². The molecule has 0 aliphatic heterocycles. The van der Waals surface area contributed by atoms with Gasteiger partial charge in [0.15, 0.2) is 0 Å². The predicted octanol–water partition coefficient (Wildman–Crippen LogP) is 3.60. The predicted molar refractivity (Wildman–Crippen MR) is 83.6 cm³/mol. The molecule has 0 atom stereocenters. The van der Waals surface area contributed by atoms with Crippen molar-refractivity contribution in [3.8, 4) is 0 Å². The van der Waals surface area contributed by atoms with E-state index >= 15 is 0 Å². The van der Waals surface area contributed by atoms with Gasteiger partial charge in [0.2, 0.25) is 0 Å². The normalized spacial score (nSPS) is 10.3. The van der Waals surface area contributed by atoms with Crippen molar-refractivity contribution < 1.29 is 4.79 Å². The van der Waals surface area contributed by atoms with E-state index in [0.717, 1.165) is 3.57 Å². The van der Waals surface area contributed by atoms with Crippen LogP contribution in [-0.4, -0.2) is 16.1 Å². The minimum Gasteiger partial charge on any atom is -0.321 e. The highest BCUT2D eigenvalue weighted by Crippen LogP contribution is 2.24. The molecule has 0 fully saturated rings. The fourth-order valence-electron chi connectivity index (χ4n) is 1.56. The van der Waals surface area contributed by atoms with Crippen LogP contribution < -0.4 is 5.32 Å². The van der Waals surface area contributed by atoms with Crippen molar-refractivity contribution in [2.75, 3.05) is 5.32 Å². The average Bonchev–Trinajstić information content (AvgIpc) is 2.35. The maximum absolute atomic E-state index is 12.2. The van der Waals surface area contributed by atoms with Crippen molar-refractivity contribution in [1.29, 1.82) is 0 Å². The lowest BCUT2D eigenvalue weighted by Crippen LogP contribution is -2.15. The number of aromatic nitrogens is 2. The number of rotatable bonds is 2. The second kappa shape index (κ2) is 5.83. The van der Waals surface area contributed by atoms with Crippen molar-refractivity contribution in [2.24, 2.45) is 0 Å². The number of anilines is 1. The molecule has 1 amide bonds. The Balaban J connectivity index is 2.28. The number of nitrogens with one attached hydrogen (secondary N) is 1. The molecule has 98 valence electrons. The summed E-state index contributed by atoms with van der Waals surface area (Å²) in [6, 6.07) is 7.16. The summed E-state index contributed by atoms with van der Waals surface area (Å²) < 4.78 is 1.01. The third-order valence-corrected chi connectivity index (χ3v) is 3.51. The first-order valence-corrected chi connectivity index (χ1v) is 7.00. The van der Waals surface area contributed by atoms with Crippen molar-refractivity contribution in [3.05, 3.63) is 49.8 Å². The summed E-state index contributed by atoms with van der Waals surface area (Å²) in [5.74, 6) is -0.237. The van der Waals surface area contributed by atoms with Gasteiger partial charge in [-0.2, -0.15) is 10.2 Å². The Labute approximate surface area is 129 Å². The molecule has 19 heavy (non-hydrogen) atoms. The molecule has 1 aromatic carbocycles. The fourth-order valence-corrected chi connectivity index (χ4v) is 2.46. The van der Waals surface area contributed by atoms with Gasteiger partial charge in [0.25, 0.3) is 5.91 Å². The van der Waals surface area contributed by atoms with Crippen molar-refractivity contribution >= 4 is 45.8 Å². The first kappa shape index (κ1) is 14.2. The second-order valence-electron chi connectivity index (χ2n) is 4.06. The highest BCUT2D eigenvalue weighted by molar-refractivity contribution is 14.1. The Morgan fingerprint density at radius 2 is 2.00 bits per heavy atom. The highest BCUT2D eigenvalue weighted by atomic mass is 127. The molecule has 0 saturated carbocycles. The summed E-state index contributed by atoms with van der Waals surface area (Å²) in [7, 11) is 0. The van der Waals surface area contributed by atoms with Crippen LogP contribution in [0.4, 0.5) is 5.69 Å². The van der Waals surface area contributed by atoms with E-state index < -0.39 is 0 Å². The summed E-state index contributed by atoms with van der Waals surface area (Å²) >= 11 is 8.25. The van der Waals surface area contributed by atoms with Gasteiger partial charge in [-0.05, 0) is 60.7 Å². The van der Waals surface area contributed by atoms with Crippen LogP contribution >= 0.6 is 34.2 Å². The SMILES string of the molecule is Cc1cc(C(=O)Nc2ccc(I)cc2Cl)c(C)nn1. The molecule has 1 aromatic heterocycles. The Hall–Kier alpha value is -1.21. The first-order valence-electron chi connectivity index (χ1n) is 5.54. The highest BCUT2D eigenvalue weighted by Gasteiger charge is 2.12. The van der Waals surface area contributed by atoms with Gasteiger partial charge in [0, 0.05) is 3.57 Å². The van der Waals surface area contributed by atoms with Gasteiger partial charge >= 0.3 is 0 Å². The maximum Gasteiger partial charge on any atom is 0.257 e. The van der Waals surface area contributed by atoms with Crippen molar-refractivity contribution in [3.63, 3.8) is 0 Å². The summed E-state index contributed by atoms with van der Waals surface area (Å²) in [4.78, 5) is 12.2. The van der Waals surface area contributed by atoms with Gasteiger partial charge in [0.1, 0.15) is 0 Å². The zero-order chi connectivity index (χ0) is 14.0. The summed E-state index contributed by atoms with van der Waals surface area (Å²) in [6.45, 7) is 3.54. The number of hydrogen-bond donors (Lipinski definition) is 1. The second-order valence-corrected chi connectivity index (χ2v) is 5.72. The molecule has 0 aliphatic carbocycles. The molecular weight excluding hydrogens is 377 g/mol. The molecule has 2 rings (SSSR count). The molecule has 0 radical (unpaired) electrons. The van der Waals surface area contributed by atoms with E-state index in [1.165, 1.54) is 0 Å². The number of nitrogens with zero attached hydrogens (tertiary/aromatic N) is 2. The lowest BCUT2D eigenvalue weighted by atomic mass is 10.2. The molecule has 1 N–H and O–H groups in total. The van der Waals surface area contributed by atoms with Crippen molar-refractivity contribution in [1.82, 2.24) is 10.2 Å². The lowest BCUT2D eigenvalue weighted by Gasteiger charge is -2.09. The van der Waals surface area contributed by atoms with Crippen LogP contribution in [-0.2, 0) is 0 Å². The van der Waals surface area contributed by atoms with Crippen LogP contribution in [0, 0.1) is 17.4 Å². The minimum atomic E-state index is -0.237. The van der Waals surface area contributed by atoms with Gasteiger partial charge in [0.05, 0.1) is 27.7 Å². The Kier molecular flexibility index (Phi) is 4.36. The standard InChI is InChI=1S/C13H11ClIN3O/c1-7-5-10(8(2)18-17-7)13(19)16-12-4-3-9(15)6-11(12)14/h3-6H,1-2H3,(H,16,19). The molecule has 6 heteroatoms. The minimum absolute atomic E-state index is 0.237. The number of hydrogen-bond acceptors (Lipinski definition) is 3. The smallest absolute Gasteiger partial charge is 0.257 e. The fraction of sp³-hybridized carbons (Fsp3) is 0.154. The number of halogens is 2. The summed E-state index contributed by atoms with van der Waals surface area (Å²) in [5, 5.41) is 11.1. The third kappa shape index (κ3) is 3.42. The lowest BCUT2D eigenvalue weighted by molar-refractivity contribution is 0.102. The molecule has 2 aromatic rings. The number of carbonyl (C=O) groups is 1. The largest absolute Gasteiger partial charge is 0.321 e. The maximum atomic E-state index is 12.2. The number of benzene rings is 1. The van der Waals surface area contributed by atoms with Gasteiger partial charge < -0.3 is 5.32 Å². The quantitative estimate of drug-likeness (QED) is 0.801. The molecule has 0 unspecified atom stereocenters. The number of amides is 1. The van der Waals surface area contributed by atoms with Crippen LogP contribution in [0.25, 0.3) is 0 Å².